The highest BCUT2D eigenvalue weighted by atomic mass is 16.5. The van der Waals surface area contributed by atoms with E-state index in [2.05, 4.69) is 22.5 Å². The van der Waals surface area contributed by atoms with Crippen molar-refractivity contribution in [3.05, 3.63) is 11.1 Å². The van der Waals surface area contributed by atoms with Gasteiger partial charge in [0.2, 0.25) is 0 Å². The fraction of sp³-hybridized carbons (Fsp3) is 0.882. The molecule has 7 N–H and O–H groups in total. The Morgan fingerprint density at radius 2 is 2.02 bits per heavy atom. The topological polar surface area (TPSA) is 157 Å². The number of nitrogens with one attached hydrogen (secondary N) is 3. The van der Waals surface area contributed by atoms with Gasteiger partial charge in [0.05, 0.1) is 37.9 Å². The highest BCUT2D eigenvalue weighted by Gasteiger charge is 2.76. The first kappa shape index (κ1) is 31.1. The number of aliphatic hydroxyl groups excluding tert-OH is 1. The number of carbonyl (C=O) groups is 1. The van der Waals surface area contributed by atoms with Crippen LogP contribution in [0.2, 0.25) is 0 Å². The van der Waals surface area contributed by atoms with E-state index < -0.39 is 23.1 Å². The Hall–Kier alpha value is -1.56. The van der Waals surface area contributed by atoms with Crippen LogP contribution in [0.25, 0.3) is 0 Å². The lowest BCUT2D eigenvalue weighted by Crippen LogP contribution is -3.19. The number of nitrogens with zero attached hydrogens (tertiary/aromatic N) is 1. The number of aliphatic carboxylic acids is 1. The van der Waals surface area contributed by atoms with Crippen molar-refractivity contribution in [1.82, 2.24) is 10.6 Å². The summed E-state index contributed by atoms with van der Waals surface area (Å²) in [7, 11) is 1.75. The quantitative estimate of drug-likeness (QED) is 0.131. The lowest BCUT2D eigenvalue weighted by atomic mass is 9.45. The second kappa shape index (κ2) is 11.6. The van der Waals surface area contributed by atoms with E-state index in [0.717, 1.165) is 76.7 Å². The first-order valence-electron chi connectivity index (χ1n) is 17.7. The number of aliphatic hydroxyl groups is 2. The number of carboxylic acid groups (broad SMARTS) is 1. The van der Waals surface area contributed by atoms with Crippen molar-refractivity contribution in [3.8, 4) is 0 Å². The second-order valence-electron chi connectivity index (χ2n) is 15.6. The van der Waals surface area contributed by atoms with Gasteiger partial charge in [-0.05, 0) is 101 Å². The van der Waals surface area contributed by atoms with Crippen molar-refractivity contribution in [2.75, 3.05) is 46.4 Å². The van der Waals surface area contributed by atoms with Crippen LogP contribution in [0.5, 0.6) is 0 Å². The number of piperidine rings is 2. The van der Waals surface area contributed by atoms with Gasteiger partial charge in [-0.1, -0.05) is 12.5 Å². The van der Waals surface area contributed by atoms with Gasteiger partial charge in [-0.25, -0.2) is 4.99 Å². The Labute approximate surface area is 262 Å². The molecule has 1 unspecified atom stereocenters. The molecule has 0 radical (unpaired) electrons. The zero-order chi connectivity index (χ0) is 30.9. The minimum absolute atomic E-state index is 0.0615. The molecule has 10 nitrogen and oxygen atoms in total. The fourth-order valence-corrected chi connectivity index (χ4v) is 12.5. The lowest BCUT2D eigenvalue weighted by Gasteiger charge is -2.61. The molecule has 4 aliphatic carbocycles. The van der Waals surface area contributed by atoms with Gasteiger partial charge in [-0.15, -0.1) is 0 Å². The first-order chi connectivity index (χ1) is 21.2. The molecule has 44 heavy (non-hydrogen) atoms. The summed E-state index contributed by atoms with van der Waals surface area (Å²) in [6.07, 6.45) is 9.81. The molecule has 7 rings (SSSR count). The third kappa shape index (κ3) is 4.34. The second-order valence-corrected chi connectivity index (χ2v) is 15.6. The minimum Gasteiger partial charge on any atom is -0.545 e. The van der Waals surface area contributed by atoms with Crippen LogP contribution >= 0.6 is 0 Å². The number of carboxylic acids is 1. The number of guanidine groups is 1. The highest BCUT2D eigenvalue weighted by molar-refractivity contribution is 5.90. The Kier molecular flexibility index (Phi) is 8.19. The number of ether oxygens (including phenoxy) is 1. The minimum atomic E-state index is -1.58. The Balaban J connectivity index is 1.31. The van der Waals surface area contributed by atoms with E-state index in [1.807, 2.05) is 0 Å². The van der Waals surface area contributed by atoms with Crippen LogP contribution in [0, 0.1) is 40.4 Å². The Morgan fingerprint density at radius 3 is 2.80 bits per heavy atom. The number of quaternary nitrogens is 1. The predicted octanol–water partition coefficient (Wildman–Crippen LogP) is -0.653. The van der Waals surface area contributed by atoms with E-state index in [0.29, 0.717) is 55.6 Å². The molecule has 0 aromatic carbocycles. The number of hydrogen-bond acceptors (Lipinski definition) is 8. The van der Waals surface area contributed by atoms with Gasteiger partial charge in [-0.3, -0.25) is 4.90 Å². The normalized spacial score (nSPS) is 48.6. The number of allylic oxidation sites excluding steroid dienone is 1. The summed E-state index contributed by atoms with van der Waals surface area (Å²) in [5.74, 6) is 1.06. The van der Waals surface area contributed by atoms with Crippen LogP contribution in [-0.4, -0.2) is 92.4 Å². The molecule has 3 saturated heterocycles. The highest BCUT2D eigenvalue weighted by Crippen LogP contribution is 2.77. The first-order valence-corrected chi connectivity index (χ1v) is 17.7. The maximum absolute atomic E-state index is 13.3. The molecule has 3 saturated carbocycles. The van der Waals surface area contributed by atoms with Gasteiger partial charge in [0.1, 0.15) is 5.60 Å². The average molecular weight is 614 g/mol. The molecule has 7 aliphatic rings. The maximum Gasteiger partial charge on any atom is 0.293 e. The van der Waals surface area contributed by atoms with E-state index in [4.69, 9.17) is 10.5 Å². The van der Waals surface area contributed by atoms with Gasteiger partial charge in [0.25, 0.3) is 5.96 Å². The van der Waals surface area contributed by atoms with E-state index in [1.165, 1.54) is 11.3 Å². The van der Waals surface area contributed by atoms with E-state index in [9.17, 15) is 20.1 Å². The SMILES string of the molecule is CN=C(N)[NH+]1CC[C@H](CNCCO)[C@@]2(C1)[C@@H]1CC[C@@H](C)[C@]23C[C@](O)([C@H]2CC[C@@H]4CC[C@H]5NCCC[C@H]5[C@@H]4O2)C(C(=O)[O-])=C3C1. The largest absolute Gasteiger partial charge is 0.545 e. The van der Waals surface area contributed by atoms with Gasteiger partial charge in [0.15, 0.2) is 0 Å². The maximum atomic E-state index is 13.3. The molecule has 0 aromatic heterocycles. The fourth-order valence-electron chi connectivity index (χ4n) is 12.5. The summed E-state index contributed by atoms with van der Waals surface area (Å²) in [5.41, 5.74) is 5.30. The van der Waals surface area contributed by atoms with Crippen LogP contribution in [0.15, 0.2) is 16.1 Å². The van der Waals surface area contributed by atoms with Gasteiger partial charge < -0.3 is 41.2 Å². The summed E-state index contributed by atoms with van der Waals surface area (Å²) >= 11 is 0. The van der Waals surface area contributed by atoms with Crippen molar-refractivity contribution in [3.63, 3.8) is 0 Å². The third-order valence-electron chi connectivity index (χ3n) is 14.2. The van der Waals surface area contributed by atoms with Crippen molar-refractivity contribution >= 4 is 11.9 Å². The summed E-state index contributed by atoms with van der Waals surface area (Å²) in [5, 5.41) is 43.1. The Morgan fingerprint density at radius 1 is 1.20 bits per heavy atom. The van der Waals surface area contributed by atoms with Crippen molar-refractivity contribution in [2.45, 2.75) is 101 Å². The number of carbonyl (C=O) groups excluding carboxylic acids is 1. The number of likely N-dealkylation sites (tertiary alicyclic amines) is 1. The summed E-state index contributed by atoms with van der Waals surface area (Å²) in [6, 6.07) is 0.454. The molecular formula is C34H55N5O5. The molecule has 6 fully saturated rings. The summed E-state index contributed by atoms with van der Waals surface area (Å²) < 4.78 is 7.02. The zero-order valence-corrected chi connectivity index (χ0v) is 26.8. The molecule has 2 bridgehead atoms. The molecule has 10 heteroatoms. The average Bonchev–Trinajstić information content (AvgIpc) is 3.39. The van der Waals surface area contributed by atoms with Crippen LogP contribution < -0.4 is 26.4 Å². The Bertz CT molecular complexity index is 1190. The van der Waals surface area contributed by atoms with Crippen molar-refractivity contribution in [2.24, 2.45) is 51.1 Å². The lowest BCUT2D eigenvalue weighted by molar-refractivity contribution is -0.828. The molecule has 2 spiro atoms. The zero-order valence-electron chi connectivity index (χ0n) is 26.8. The van der Waals surface area contributed by atoms with E-state index >= 15 is 0 Å². The summed E-state index contributed by atoms with van der Waals surface area (Å²) in [6.45, 7) is 6.36. The number of hydrogen-bond donors (Lipinski definition) is 6. The molecule has 0 amide bonds. The number of fused-ring (bicyclic) bond motifs is 3. The predicted molar refractivity (Wildman–Crippen MR) is 164 cm³/mol. The van der Waals surface area contributed by atoms with Crippen LogP contribution in [0.3, 0.4) is 0 Å². The molecule has 246 valence electrons. The van der Waals surface area contributed by atoms with Gasteiger partial charge >= 0.3 is 0 Å². The molecule has 12 atom stereocenters. The van der Waals surface area contributed by atoms with Crippen LogP contribution in [-0.2, 0) is 9.53 Å². The number of aliphatic imine (C=N–C) groups is 1. The van der Waals surface area contributed by atoms with E-state index in [1.54, 1.807) is 7.05 Å². The van der Waals surface area contributed by atoms with Crippen LogP contribution in [0.4, 0.5) is 0 Å². The molecular weight excluding hydrogens is 558 g/mol. The van der Waals surface area contributed by atoms with Gasteiger partial charge in [-0.2, -0.15) is 0 Å². The van der Waals surface area contributed by atoms with Gasteiger partial charge in [0, 0.05) is 48.4 Å². The van der Waals surface area contributed by atoms with Crippen molar-refractivity contribution < 1.29 is 29.8 Å². The number of nitrogens with two attached hydrogens (primary N) is 1. The smallest absolute Gasteiger partial charge is 0.293 e. The molecule has 3 heterocycles. The number of rotatable bonds is 6. The van der Waals surface area contributed by atoms with Crippen molar-refractivity contribution in [1.29, 1.82) is 0 Å². The summed E-state index contributed by atoms with van der Waals surface area (Å²) in [4.78, 5) is 18.9. The standard InChI is InChI=1S/C34H55N5O5/c1-20-5-8-22-16-25-28(30(41)42)34(43,27-10-7-21-6-9-26-24(29(21)44-27)4-3-12-38-26)18-32(20,25)33(22)19-39(31(35)36-2)14-11-23(33)17-37-13-15-40/h20-24,26-27,29,37-38,40,43H,3-19H2,1-2H3,(H2,35,36)(H,41,42)/t20-,21+,22-,23-,24-,26-,27-,29-,32+,33-,34+/m1/s1. The van der Waals surface area contributed by atoms with E-state index in [-0.39, 0.29) is 35.5 Å². The monoisotopic (exact) mass is 613 g/mol. The van der Waals surface area contributed by atoms with Crippen LogP contribution in [0.1, 0.15) is 77.6 Å². The molecule has 0 aromatic rings. The third-order valence-corrected chi connectivity index (χ3v) is 14.2. The molecule has 3 aliphatic heterocycles.